The van der Waals surface area contributed by atoms with E-state index in [2.05, 4.69) is 9.36 Å². The molecule has 5 heteroatoms. The highest BCUT2D eigenvalue weighted by molar-refractivity contribution is 7.08. The average Bonchev–Trinajstić information content (AvgIpc) is 2.78. The molecule has 0 aliphatic rings. The third-order valence-electron chi connectivity index (χ3n) is 1.86. The first kappa shape index (κ1) is 9.79. The quantitative estimate of drug-likeness (QED) is 0.740. The van der Waals surface area contributed by atoms with E-state index in [9.17, 15) is 4.79 Å². The monoisotopic (exact) mass is 220 g/mol. The first-order valence-corrected chi connectivity index (χ1v) is 5.04. The number of nitrogens with zero attached hydrogens (tertiary/aromatic N) is 2. The molecule has 2 aromatic rings. The second kappa shape index (κ2) is 4.18. The van der Waals surface area contributed by atoms with Crippen molar-refractivity contribution in [3.05, 3.63) is 41.0 Å². The minimum Gasteiger partial charge on any atom is -0.480 e. The van der Waals surface area contributed by atoms with E-state index in [1.54, 1.807) is 30.6 Å². The van der Waals surface area contributed by atoms with Crippen LogP contribution < -0.4 is 4.74 Å². The fourth-order valence-electron chi connectivity index (χ4n) is 1.11. The summed E-state index contributed by atoms with van der Waals surface area (Å²) in [5.41, 5.74) is 0.608. The SMILES string of the molecule is COc1cc(C(=O)c2ccncc2)sn1. The summed E-state index contributed by atoms with van der Waals surface area (Å²) < 4.78 is 8.88. The maximum atomic E-state index is 11.9. The van der Waals surface area contributed by atoms with Crippen molar-refractivity contribution in [2.45, 2.75) is 0 Å². The number of carbonyl (C=O) groups is 1. The van der Waals surface area contributed by atoms with Gasteiger partial charge in [-0.1, -0.05) is 0 Å². The summed E-state index contributed by atoms with van der Waals surface area (Å²) in [5, 5.41) is 0. The molecule has 0 amide bonds. The van der Waals surface area contributed by atoms with Crippen LogP contribution in [-0.2, 0) is 0 Å². The van der Waals surface area contributed by atoms with Crippen LogP contribution in [0.1, 0.15) is 15.2 Å². The zero-order chi connectivity index (χ0) is 10.7. The van der Waals surface area contributed by atoms with Gasteiger partial charge in [-0.05, 0) is 23.7 Å². The molecule has 0 radical (unpaired) electrons. The summed E-state index contributed by atoms with van der Waals surface area (Å²) in [7, 11) is 1.52. The van der Waals surface area contributed by atoms with Gasteiger partial charge in [0.05, 0.1) is 12.0 Å². The fourth-order valence-corrected chi connectivity index (χ4v) is 1.78. The fraction of sp³-hybridized carbons (Fsp3) is 0.100. The van der Waals surface area contributed by atoms with Crippen molar-refractivity contribution in [2.75, 3.05) is 7.11 Å². The standard InChI is InChI=1S/C10H8N2O2S/c1-14-9-6-8(15-12-9)10(13)7-2-4-11-5-3-7/h2-6H,1H3. The van der Waals surface area contributed by atoms with Crippen molar-refractivity contribution < 1.29 is 9.53 Å². The minimum atomic E-state index is -0.0572. The lowest BCUT2D eigenvalue weighted by Gasteiger charge is -1.94. The molecule has 0 saturated carbocycles. The lowest BCUT2D eigenvalue weighted by atomic mass is 10.1. The first-order chi connectivity index (χ1) is 7.31. The summed E-state index contributed by atoms with van der Waals surface area (Å²) in [5.74, 6) is 0.413. The van der Waals surface area contributed by atoms with Crippen molar-refractivity contribution in [3.63, 3.8) is 0 Å². The molecule has 0 atom stereocenters. The Labute approximate surface area is 90.7 Å². The highest BCUT2D eigenvalue weighted by Gasteiger charge is 2.12. The van der Waals surface area contributed by atoms with Gasteiger partial charge in [0.2, 0.25) is 11.7 Å². The number of methoxy groups -OCH3 is 1. The Morgan fingerprint density at radius 3 is 2.73 bits per heavy atom. The number of ketones is 1. The zero-order valence-corrected chi connectivity index (χ0v) is 8.82. The molecule has 0 aliphatic carbocycles. The van der Waals surface area contributed by atoms with Crippen molar-refractivity contribution >= 4 is 17.3 Å². The molecule has 0 aliphatic heterocycles. The van der Waals surface area contributed by atoms with Gasteiger partial charge < -0.3 is 4.74 Å². The molecule has 2 rings (SSSR count). The van der Waals surface area contributed by atoms with E-state index < -0.39 is 0 Å². The molecule has 0 N–H and O–H groups in total. The van der Waals surface area contributed by atoms with Gasteiger partial charge in [-0.25, -0.2) is 0 Å². The molecule has 15 heavy (non-hydrogen) atoms. The highest BCUT2D eigenvalue weighted by Crippen LogP contribution is 2.19. The number of pyridine rings is 1. The van der Waals surface area contributed by atoms with Crippen LogP contribution in [0.25, 0.3) is 0 Å². The maximum Gasteiger partial charge on any atom is 0.225 e. The molecule has 4 nitrogen and oxygen atoms in total. The van der Waals surface area contributed by atoms with E-state index in [0.717, 1.165) is 11.5 Å². The van der Waals surface area contributed by atoms with Crippen LogP contribution in [0.5, 0.6) is 5.88 Å². The van der Waals surface area contributed by atoms with Crippen molar-refractivity contribution in [2.24, 2.45) is 0 Å². The first-order valence-electron chi connectivity index (χ1n) is 4.26. The Kier molecular flexibility index (Phi) is 2.73. The summed E-state index contributed by atoms with van der Waals surface area (Å²) in [4.78, 5) is 16.3. The molecule has 0 aromatic carbocycles. The second-order valence-corrected chi connectivity index (χ2v) is 3.60. The predicted molar refractivity (Wildman–Crippen MR) is 56.3 cm³/mol. The van der Waals surface area contributed by atoms with Gasteiger partial charge in [-0.2, -0.15) is 4.37 Å². The summed E-state index contributed by atoms with van der Waals surface area (Å²) in [6.07, 6.45) is 3.18. The summed E-state index contributed by atoms with van der Waals surface area (Å²) in [6.45, 7) is 0. The van der Waals surface area contributed by atoms with Crippen LogP contribution in [0, 0.1) is 0 Å². The predicted octanol–water partition coefficient (Wildman–Crippen LogP) is 1.78. The summed E-state index contributed by atoms with van der Waals surface area (Å²) >= 11 is 1.13. The van der Waals surface area contributed by atoms with Gasteiger partial charge in [0.25, 0.3) is 0 Å². The van der Waals surface area contributed by atoms with E-state index in [1.807, 2.05) is 0 Å². The van der Waals surface area contributed by atoms with Crippen LogP contribution in [0.15, 0.2) is 30.6 Å². The minimum absolute atomic E-state index is 0.0572. The lowest BCUT2D eigenvalue weighted by Crippen LogP contribution is -1.97. The average molecular weight is 220 g/mol. The topological polar surface area (TPSA) is 52.1 Å². The number of ether oxygens (including phenoxy) is 1. The molecule has 0 spiro atoms. The Hall–Kier alpha value is -1.75. The third kappa shape index (κ3) is 2.02. The molecule has 0 bridgehead atoms. The number of rotatable bonds is 3. The van der Waals surface area contributed by atoms with E-state index in [-0.39, 0.29) is 5.78 Å². The molecular weight excluding hydrogens is 212 g/mol. The van der Waals surface area contributed by atoms with Crippen molar-refractivity contribution in [3.8, 4) is 5.88 Å². The smallest absolute Gasteiger partial charge is 0.225 e. The van der Waals surface area contributed by atoms with Crippen LogP contribution in [0.3, 0.4) is 0 Å². The number of hydrogen-bond donors (Lipinski definition) is 0. The van der Waals surface area contributed by atoms with Crippen LogP contribution >= 0.6 is 11.5 Å². The highest BCUT2D eigenvalue weighted by atomic mass is 32.1. The van der Waals surface area contributed by atoms with Crippen molar-refractivity contribution in [1.29, 1.82) is 0 Å². The van der Waals surface area contributed by atoms with Gasteiger partial charge in [0.1, 0.15) is 0 Å². The number of carbonyl (C=O) groups excluding carboxylic acids is 1. The van der Waals surface area contributed by atoms with E-state index in [0.29, 0.717) is 16.3 Å². The van der Waals surface area contributed by atoms with Crippen molar-refractivity contribution in [1.82, 2.24) is 9.36 Å². The molecule has 0 fully saturated rings. The van der Waals surface area contributed by atoms with E-state index >= 15 is 0 Å². The molecule has 0 saturated heterocycles. The Morgan fingerprint density at radius 2 is 2.13 bits per heavy atom. The van der Waals surface area contributed by atoms with Gasteiger partial charge in [0, 0.05) is 24.0 Å². The third-order valence-corrected chi connectivity index (χ3v) is 2.64. The molecule has 76 valence electrons. The summed E-state index contributed by atoms with van der Waals surface area (Å²) in [6, 6.07) is 4.98. The normalized spacial score (nSPS) is 9.93. The van der Waals surface area contributed by atoms with Crippen LogP contribution in [0.2, 0.25) is 0 Å². The molecular formula is C10H8N2O2S. The van der Waals surface area contributed by atoms with Crippen LogP contribution in [-0.4, -0.2) is 22.3 Å². The van der Waals surface area contributed by atoms with Gasteiger partial charge in [-0.15, -0.1) is 0 Å². The molecule has 0 unspecified atom stereocenters. The Morgan fingerprint density at radius 1 is 1.40 bits per heavy atom. The molecule has 2 aromatic heterocycles. The molecule has 2 heterocycles. The number of aromatic nitrogens is 2. The zero-order valence-electron chi connectivity index (χ0n) is 8.01. The van der Waals surface area contributed by atoms with Gasteiger partial charge >= 0.3 is 0 Å². The number of hydrogen-bond acceptors (Lipinski definition) is 5. The second-order valence-electron chi connectivity index (χ2n) is 2.80. The van der Waals surface area contributed by atoms with Crippen LogP contribution in [0.4, 0.5) is 0 Å². The van der Waals surface area contributed by atoms with E-state index in [4.69, 9.17) is 4.74 Å². The van der Waals surface area contributed by atoms with E-state index in [1.165, 1.54) is 7.11 Å². The maximum absolute atomic E-state index is 11.9. The Balaban J connectivity index is 2.29. The Bertz CT molecular complexity index is 467. The largest absolute Gasteiger partial charge is 0.480 e. The van der Waals surface area contributed by atoms with Gasteiger partial charge in [-0.3, -0.25) is 9.78 Å². The lowest BCUT2D eigenvalue weighted by molar-refractivity contribution is 0.104. The van der Waals surface area contributed by atoms with Gasteiger partial charge in [0.15, 0.2) is 0 Å².